The Bertz CT molecular complexity index is 1620. The van der Waals surface area contributed by atoms with Crippen molar-refractivity contribution in [2.24, 2.45) is 52.1 Å². The van der Waals surface area contributed by atoms with E-state index < -0.39 is 12.1 Å². The SMILES string of the molecule is CC(C)CCC[C@@H](C)[C@H]1CC[C@H]2[C@@H]3CC=C4C[C@@H](OC(=O)[C@@H](N)CCCCNC(=O)OCC5c6ccccc6-c6ccccc65)CC[C@]4(C)[C@H]3CC[C@]12C. The third-order valence-corrected chi connectivity index (χ3v) is 15.4. The van der Waals surface area contributed by atoms with Gasteiger partial charge in [-0.15, -0.1) is 0 Å². The molecular weight excluding hydrogens is 669 g/mol. The molecule has 3 N–H and O–H groups in total. The minimum absolute atomic E-state index is 0.0399. The molecule has 0 spiro atoms. The fourth-order valence-corrected chi connectivity index (χ4v) is 12.5. The lowest BCUT2D eigenvalue weighted by atomic mass is 9.47. The van der Waals surface area contributed by atoms with Crippen molar-refractivity contribution in [1.82, 2.24) is 5.32 Å². The molecule has 3 saturated carbocycles. The van der Waals surface area contributed by atoms with E-state index >= 15 is 0 Å². The number of allylic oxidation sites excluding steroid dienone is 1. The third kappa shape index (κ3) is 7.80. The predicted molar refractivity (Wildman–Crippen MR) is 218 cm³/mol. The maximum atomic E-state index is 13.1. The molecule has 2 aromatic carbocycles. The summed E-state index contributed by atoms with van der Waals surface area (Å²) in [5.74, 6) is 4.69. The summed E-state index contributed by atoms with van der Waals surface area (Å²) in [7, 11) is 0. The van der Waals surface area contributed by atoms with Crippen LogP contribution in [-0.2, 0) is 14.3 Å². The standard InChI is InChI=1S/C48H68N2O4/c1-31(2)13-12-14-32(3)41-22-23-42-39-21-20-33-29-34(24-26-47(33,4)43(39)25-27-48(41,42)5)54-45(51)44(49)19-10-11-28-50-46(52)53-30-40-37-17-8-6-15-35(37)36-16-7-9-18-38(36)40/h6-9,15-18,20,31-32,34,39-44H,10-14,19,21-30,49H2,1-5H3,(H,50,52)/t32-,34+,39+,41-,42+,43+,44+,47+,48-/m1/s1. The summed E-state index contributed by atoms with van der Waals surface area (Å²) in [4.78, 5) is 25.7. The Kier molecular flexibility index (Phi) is 12.0. The molecule has 9 atom stereocenters. The van der Waals surface area contributed by atoms with Gasteiger partial charge in [0.1, 0.15) is 18.8 Å². The van der Waals surface area contributed by atoms with Gasteiger partial charge in [-0.05, 0) is 133 Å². The van der Waals surface area contributed by atoms with E-state index in [1.807, 2.05) is 24.3 Å². The Morgan fingerprint density at radius 2 is 1.57 bits per heavy atom. The number of fused-ring (bicyclic) bond motifs is 8. The number of rotatable bonds is 14. The summed E-state index contributed by atoms with van der Waals surface area (Å²) in [6, 6.07) is 16.0. The lowest BCUT2D eigenvalue weighted by Crippen LogP contribution is -2.51. The Balaban J connectivity index is 0.824. The first kappa shape index (κ1) is 39.1. The highest BCUT2D eigenvalue weighted by Crippen LogP contribution is 2.67. The molecule has 54 heavy (non-hydrogen) atoms. The third-order valence-electron chi connectivity index (χ3n) is 15.4. The summed E-state index contributed by atoms with van der Waals surface area (Å²) in [6.45, 7) is 13.3. The zero-order valence-corrected chi connectivity index (χ0v) is 33.9. The van der Waals surface area contributed by atoms with Gasteiger partial charge in [0.2, 0.25) is 0 Å². The number of nitrogens with one attached hydrogen (secondary N) is 1. The molecule has 0 saturated heterocycles. The van der Waals surface area contributed by atoms with Crippen LogP contribution in [0.15, 0.2) is 60.2 Å². The van der Waals surface area contributed by atoms with Crippen LogP contribution >= 0.6 is 0 Å². The molecule has 2 aromatic rings. The molecule has 5 aliphatic carbocycles. The van der Waals surface area contributed by atoms with E-state index in [0.29, 0.717) is 25.0 Å². The topological polar surface area (TPSA) is 90.6 Å². The van der Waals surface area contributed by atoms with E-state index in [2.05, 4.69) is 70.3 Å². The fourth-order valence-electron chi connectivity index (χ4n) is 12.5. The van der Waals surface area contributed by atoms with Crippen LogP contribution < -0.4 is 11.1 Å². The van der Waals surface area contributed by atoms with Crippen LogP contribution in [-0.4, -0.2) is 37.4 Å². The number of hydrogen-bond acceptors (Lipinski definition) is 5. The smallest absolute Gasteiger partial charge is 0.407 e. The van der Waals surface area contributed by atoms with Crippen LogP contribution in [0.25, 0.3) is 11.1 Å². The molecule has 6 nitrogen and oxygen atoms in total. The molecule has 294 valence electrons. The lowest BCUT2D eigenvalue weighted by molar-refractivity contribution is -0.153. The highest BCUT2D eigenvalue weighted by atomic mass is 16.6. The van der Waals surface area contributed by atoms with Crippen LogP contribution in [0.5, 0.6) is 0 Å². The minimum atomic E-state index is -0.642. The van der Waals surface area contributed by atoms with Crippen molar-refractivity contribution in [2.45, 2.75) is 143 Å². The molecule has 6 heteroatoms. The number of hydrogen-bond donors (Lipinski definition) is 2. The number of ether oxygens (including phenoxy) is 2. The quantitative estimate of drug-likeness (QED) is 0.114. The summed E-state index contributed by atoms with van der Waals surface area (Å²) in [5.41, 5.74) is 13.4. The Labute approximate surface area is 325 Å². The number of alkyl carbamates (subject to hydrolysis) is 1. The van der Waals surface area contributed by atoms with Crippen molar-refractivity contribution in [2.75, 3.05) is 13.2 Å². The number of esters is 1. The maximum absolute atomic E-state index is 13.1. The van der Waals surface area contributed by atoms with Crippen molar-refractivity contribution in [1.29, 1.82) is 0 Å². The summed E-state index contributed by atoms with van der Waals surface area (Å²) in [5, 5.41) is 2.88. The van der Waals surface area contributed by atoms with Gasteiger partial charge >= 0.3 is 12.1 Å². The fraction of sp³-hybridized carbons (Fsp3) is 0.667. The van der Waals surface area contributed by atoms with Gasteiger partial charge in [0.15, 0.2) is 0 Å². The predicted octanol–water partition coefficient (Wildman–Crippen LogP) is 11.0. The highest BCUT2D eigenvalue weighted by Gasteiger charge is 2.59. The normalized spacial score (nSPS) is 30.9. The summed E-state index contributed by atoms with van der Waals surface area (Å²) in [6.07, 6.45) is 17.9. The van der Waals surface area contributed by atoms with Gasteiger partial charge in [0.25, 0.3) is 0 Å². The molecule has 7 rings (SSSR count). The number of unbranched alkanes of at least 4 members (excludes halogenated alkanes) is 1. The van der Waals surface area contributed by atoms with Gasteiger partial charge < -0.3 is 20.5 Å². The number of carbonyl (C=O) groups excluding carboxylic acids is 2. The molecule has 0 bridgehead atoms. The molecule has 1 amide bonds. The average Bonchev–Trinajstić information content (AvgIpc) is 3.68. The van der Waals surface area contributed by atoms with Crippen LogP contribution in [0.1, 0.15) is 142 Å². The molecule has 0 aromatic heterocycles. The number of nitrogens with two attached hydrogens (primary N) is 1. The van der Waals surface area contributed by atoms with Gasteiger partial charge in [-0.3, -0.25) is 4.79 Å². The zero-order valence-electron chi connectivity index (χ0n) is 33.9. The second-order valence-corrected chi connectivity index (χ2v) is 18.9. The van der Waals surface area contributed by atoms with Crippen molar-refractivity contribution in [3.05, 3.63) is 71.3 Å². The van der Waals surface area contributed by atoms with Crippen LogP contribution in [0.4, 0.5) is 4.79 Å². The molecule has 0 radical (unpaired) electrons. The first-order chi connectivity index (χ1) is 26.0. The molecule has 0 heterocycles. The van der Waals surface area contributed by atoms with Crippen molar-refractivity contribution >= 4 is 12.1 Å². The van der Waals surface area contributed by atoms with Crippen LogP contribution in [0.3, 0.4) is 0 Å². The first-order valence-electron chi connectivity index (χ1n) is 21.7. The van der Waals surface area contributed by atoms with E-state index in [-0.39, 0.29) is 23.4 Å². The zero-order chi connectivity index (χ0) is 38.0. The summed E-state index contributed by atoms with van der Waals surface area (Å²) >= 11 is 0. The van der Waals surface area contributed by atoms with E-state index in [1.54, 1.807) is 5.57 Å². The maximum Gasteiger partial charge on any atom is 0.407 e. The van der Waals surface area contributed by atoms with Gasteiger partial charge in [-0.25, -0.2) is 4.79 Å². The van der Waals surface area contributed by atoms with Gasteiger partial charge in [0, 0.05) is 18.9 Å². The number of amides is 1. The van der Waals surface area contributed by atoms with Crippen LogP contribution in [0.2, 0.25) is 0 Å². The first-order valence-corrected chi connectivity index (χ1v) is 21.7. The molecule has 5 aliphatic rings. The van der Waals surface area contributed by atoms with Gasteiger partial charge in [-0.2, -0.15) is 0 Å². The second-order valence-electron chi connectivity index (χ2n) is 18.9. The van der Waals surface area contributed by atoms with Crippen molar-refractivity contribution in [3.63, 3.8) is 0 Å². The molecule has 3 fully saturated rings. The van der Waals surface area contributed by atoms with Crippen molar-refractivity contribution < 1.29 is 19.1 Å². The monoisotopic (exact) mass is 737 g/mol. The molecule has 0 aliphatic heterocycles. The lowest BCUT2D eigenvalue weighted by Gasteiger charge is -2.58. The number of carbonyl (C=O) groups is 2. The van der Waals surface area contributed by atoms with E-state index in [9.17, 15) is 9.59 Å². The Morgan fingerprint density at radius 1 is 0.852 bits per heavy atom. The van der Waals surface area contributed by atoms with Gasteiger partial charge in [-0.1, -0.05) is 114 Å². The average molecular weight is 737 g/mol. The van der Waals surface area contributed by atoms with E-state index in [0.717, 1.165) is 67.6 Å². The molecule has 0 unspecified atom stereocenters. The summed E-state index contributed by atoms with van der Waals surface area (Å²) < 4.78 is 11.8. The molecular formula is C48H68N2O4. The number of benzene rings is 2. The van der Waals surface area contributed by atoms with Crippen molar-refractivity contribution in [3.8, 4) is 11.1 Å². The largest absolute Gasteiger partial charge is 0.461 e. The van der Waals surface area contributed by atoms with Crippen LogP contribution in [0, 0.1) is 46.3 Å². The van der Waals surface area contributed by atoms with Gasteiger partial charge in [0.05, 0.1) is 0 Å². The highest BCUT2D eigenvalue weighted by molar-refractivity contribution is 5.79. The van der Waals surface area contributed by atoms with E-state index in [4.69, 9.17) is 15.2 Å². The minimum Gasteiger partial charge on any atom is -0.461 e. The second kappa shape index (κ2) is 16.5. The Morgan fingerprint density at radius 3 is 2.30 bits per heavy atom. The Hall–Kier alpha value is -3.12. The van der Waals surface area contributed by atoms with E-state index in [1.165, 1.54) is 73.6 Å².